The van der Waals surface area contributed by atoms with Crippen LogP contribution in [0, 0.1) is 0 Å². The Morgan fingerprint density at radius 2 is 0.938 bits per heavy atom. The molecule has 80 heavy (non-hydrogen) atoms. The molecule has 2 aromatic heterocycles. The van der Waals surface area contributed by atoms with Gasteiger partial charge in [-0.05, 0) is 112 Å². The number of benzene rings is 4. The number of rotatable bonds is 26. The fourth-order valence-corrected chi connectivity index (χ4v) is 10.2. The Bertz CT molecular complexity index is 3290. The highest BCUT2D eigenvalue weighted by molar-refractivity contribution is 7.94. The lowest BCUT2D eigenvalue weighted by Gasteiger charge is -2.35. The predicted molar refractivity (Wildman–Crippen MR) is 303 cm³/mol. The minimum absolute atomic E-state index is 0.0854. The third kappa shape index (κ3) is 17.5. The zero-order chi connectivity index (χ0) is 56.8. The Labute approximate surface area is 470 Å². The van der Waals surface area contributed by atoms with Gasteiger partial charge in [0.1, 0.15) is 4.90 Å². The zero-order valence-electron chi connectivity index (χ0n) is 43.8. The first-order valence-electron chi connectivity index (χ1n) is 24.6. The molecule has 4 heterocycles. The standard InChI is InChI=1S/C48H60N16O12S4/c1-59(2)19-21-61-23-27-63(28-24-61)47-56-44(50-36-13-17-40(18-14-36)79(67,68)69)53-45(57-47)51-37-9-7-33(41(31-37)78-76-74-66)5-6-34-8-10-38(32-42(34)80(70,71)72)52-46-54-43(49-35-11-15-39(16-12-35)77-75-73-65)55-48(58-46)64-29-25-62(26-30-64)22-20-60(3)4/h5-18,31-32,65-66H,19-30H2,1-4H3,(H,67,68,69)(H,70,71,72)(H2,49,52,54,55,58)(H2,50,51,53,56,57)/b6-5+. The van der Waals surface area contributed by atoms with Gasteiger partial charge in [0.05, 0.1) is 29.0 Å². The molecule has 4 aromatic carbocycles. The molecule has 0 unspecified atom stereocenters. The number of hydrogen-bond donors (Lipinski definition) is 8. The maximum atomic E-state index is 13.0. The first-order valence-corrected chi connectivity index (χ1v) is 29.0. The third-order valence-electron chi connectivity index (χ3n) is 12.4. The van der Waals surface area contributed by atoms with E-state index in [1.54, 1.807) is 54.6 Å². The molecule has 2 aliphatic rings. The molecule has 0 saturated carbocycles. The van der Waals surface area contributed by atoms with Gasteiger partial charge in [-0.2, -0.15) is 46.7 Å². The van der Waals surface area contributed by atoms with E-state index in [0.717, 1.165) is 64.4 Å². The summed E-state index contributed by atoms with van der Waals surface area (Å²) in [6.45, 7) is 9.28. The van der Waals surface area contributed by atoms with E-state index >= 15 is 0 Å². The van der Waals surface area contributed by atoms with Crippen LogP contribution >= 0.6 is 24.1 Å². The topological polar surface area (TPSA) is 331 Å². The van der Waals surface area contributed by atoms with E-state index in [9.17, 15) is 25.9 Å². The van der Waals surface area contributed by atoms with Crippen molar-refractivity contribution in [2.45, 2.75) is 19.6 Å². The van der Waals surface area contributed by atoms with Crippen molar-refractivity contribution in [3.05, 3.63) is 96.1 Å². The quantitative estimate of drug-likeness (QED) is 0.0103. The van der Waals surface area contributed by atoms with Crippen LogP contribution in [0.1, 0.15) is 11.1 Å². The van der Waals surface area contributed by atoms with Crippen LogP contribution in [0.15, 0.2) is 105 Å². The van der Waals surface area contributed by atoms with Crippen LogP contribution in [-0.4, -0.2) is 193 Å². The SMILES string of the molecule is CN(C)CCN1CCN(c2nc(Nc3ccc(S(=O)(=O)O)cc3)nc(Nc3ccc(/C=C/c4ccc(Nc5nc(Nc6ccc(SOOO)cc6)nc(N6CCN(CCN(C)C)CC6)n5)cc4S(=O)(=O)O)c(SOOO)c3)n2)CC1. The van der Waals surface area contributed by atoms with Gasteiger partial charge in [0.25, 0.3) is 20.2 Å². The predicted octanol–water partition coefficient (Wildman–Crippen LogP) is 5.92. The van der Waals surface area contributed by atoms with Crippen molar-refractivity contribution >= 4 is 115 Å². The van der Waals surface area contributed by atoms with Crippen LogP contribution < -0.4 is 31.1 Å². The Balaban J connectivity index is 1.03. The molecule has 6 aromatic rings. The van der Waals surface area contributed by atoms with Gasteiger partial charge >= 0.3 is 0 Å². The minimum Gasteiger partial charge on any atom is -0.338 e. The molecule has 2 aliphatic heterocycles. The Kier molecular flexibility index (Phi) is 20.8. The number of likely N-dealkylation sites (N-methyl/N-ethyl adjacent to an activating group) is 2. The second-order valence-corrected chi connectivity index (χ2v) is 22.9. The Hall–Kier alpha value is -6.44. The van der Waals surface area contributed by atoms with Crippen molar-refractivity contribution in [3.63, 3.8) is 0 Å². The monoisotopic (exact) mass is 1180 g/mol. The largest absolute Gasteiger partial charge is 0.338 e. The molecule has 428 valence electrons. The van der Waals surface area contributed by atoms with Crippen LogP contribution in [0.2, 0.25) is 0 Å². The van der Waals surface area contributed by atoms with Crippen molar-refractivity contribution in [2.24, 2.45) is 0 Å². The highest BCUT2D eigenvalue weighted by Gasteiger charge is 2.24. The average molecular weight is 1180 g/mol. The van der Waals surface area contributed by atoms with E-state index in [4.69, 9.17) is 29.8 Å². The van der Waals surface area contributed by atoms with Gasteiger partial charge in [-0.25, -0.2) is 10.5 Å². The maximum Gasteiger partial charge on any atom is 0.295 e. The van der Waals surface area contributed by atoms with E-state index in [-0.39, 0.29) is 39.9 Å². The van der Waals surface area contributed by atoms with E-state index in [0.29, 0.717) is 82.5 Å². The molecule has 0 amide bonds. The summed E-state index contributed by atoms with van der Waals surface area (Å²) in [4.78, 5) is 41.4. The second-order valence-electron chi connectivity index (χ2n) is 18.6. The zero-order valence-corrected chi connectivity index (χ0v) is 47.0. The van der Waals surface area contributed by atoms with Gasteiger partial charge in [-0.1, -0.05) is 34.4 Å². The molecular weight excluding hydrogens is 1120 g/mol. The number of nitrogens with zero attached hydrogens (tertiary/aromatic N) is 12. The van der Waals surface area contributed by atoms with Crippen molar-refractivity contribution in [1.82, 2.24) is 49.5 Å². The fraction of sp³-hybridized carbons (Fsp3) is 0.333. The summed E-state index contributed by atoms with van der Waals surface area (Å²) in [5, 5.41) is 37.9. The van der Waals surface area contributed by atoms with E-state index in [2.05, 4.69) is 70.2 Å². The lowest BCUT2D eigenvalue weighted by molar-refractivity contribution is -0.432. The first kappa shape index (κ1) is 59.7. The Morgan fingerprint density at radius 3 is 1.39 bits per heavy atom. The van der Waals surface area contributed by atoms with Gasteiger partial charge in [0.2, 0.25) is 35.7 Å². The molecule has 8 rings (SSSR count). The average Bonchev–Trinajstić information content (AvgIpc) is 3.46. The third-order valence-corrected chi connectivity index (χ3v) is 15.4. The molecular formula is C48H60N16O12S4. The van der Waals surface area contributed by atoms with Gasteiger partial charge in [-0.15, -0.1) is 8.67 Å². The number of hydrogen-bond acceptors (Lipinski definition) is 28. The molecule has 2 saturated heterocycles. The van der Waals surface area contributed by atoms with Gasteiger partial charge in [0.15, 0.2) is 0 Å². The second kappa shape index (κ2) is 27.8. The van der Waals surface area contributed by atoms with E-state index < -0.39 is 25.1 Å². The fourth-order valence-electron chi connectivity index (χ4n) is 8.16. The summed E-state index contributed by atoms with van der Waals surface area (Å²) in [5.74, 6) is 1.29. The molecule has 32 heteroatoms. The van der Waals surface area contributed by atoms with Crippen LogP contribution in [0.3, 0.4) is 0 Å². The van der Waals surface area contributed by atoms with Crippen LogP contribution in [0.25, 0.3) is 12.2 Å². The Morgan fingerprint density at radius 1 is 0.525 bits per heavy atom. The molecule has 28 nitrogen and oxygen atoms in total. The molecule has 0 radical (unpaired) electrons. The normalized spacial score (nSPS) is 14.8. The van der Waals surface area contributed by atoms with Gasteiger partial charge in [0, 0.05) is 111 Å². The first-order chi connectivity index (χ1) is 38.4. The molecule has 8 N–H and O–H groups in total. The van der Waals surface area contributed by atoms with Gasteiger partial charge < -0.3 is 40.9 Å². The molecule has 0 bridgehead atoms. The highest BCUT2D eigenvalue weighted by Crippen LogP contribution is 2.33. The van der Waals surface area contributed by atoms with Gasteiger partial charge in [-0.3, -0.25) is 18.9 Å². The van der Waals surface area contributed by atoms with Crippen LogP contribution in [0.4, 0.5) is 58.4 Å². The molecule has 2 fully saturated rings. The maximum absolute atomic E-state index is 13.0. The smallest absolute Gasteiger partial charge is 0.295 e. The molecule has 0 aliphatic carbocycles. The van der Waals surface area contributed by atoms with Crippen molar-refractivity contribution in [3.8, 4) is 0 Å². The summed E-state index contributed by atoms with van der Waals surface area (Å²) in [6.07, 6.45) is 3.06. The number of anilines is 10. The van der Waals surface area contributed by atoms with Crippen LogP contribution in [-0.2, 0) is 39.0 Å². The van der Waals surface area contributed by atoms with Crippen LogP contribution in [0.5, 0.6) is 0 Å². The summed E-state index contributed by atoms with van der Waals surface area (Å²) >= 11 is 1.45. The lowest BCUT2D eigenvalue weighted by atomic mass is 10.1. The number of aromatic nitrogens is 6. The van der Waals surface area contributed by atoms with E-state index in [1.807, 2.05) is 38.0 Å². The number of nitrogens with one attached hydrogen (secondary N) is 4. The van der Waals surface area contributed by atoms with Crippen molar-refractivity contribution < 1.29 is 55.2 Å². The summed E-state index contributed by atoms with van der Waals surface area (Å²) in [7, 11) is -1.13. The van der Waals surface area contributed by atoms with E-state index in [1.165, 1.54) is 42.5 Å². The summed E-state index contributed by atoms with van der Waals surface area (Å²) in [5.41, 5.74) is 2.32. The lowest BCUT2D eigenvalue weighted by Crippen LogP contribution is -2.48. The highest BCUT2D eigenvalue weighted by atomic mass is 32.2. The molecule has 0 atom stereocenters. The summed E-state index contributed by atoms with van der Waals surface area (Å²) in [6, 6.07) is 21.7. The van der Waals surface area contributed by atoms with Crippen molar-refractivity contribution in [1.29, 1.82) is 0 Å². The summed E-state index contributed by atoms with van der Waals surface area (Å²) < 4.78 is 78.9. The molecule has 0 spiro atoms. The minimum atomic E-state index is -4.83. The van der Waals surface area contributed by atoms with Crippen molar-refractivity contribution in [2.75, 3.05) is 138 Å². The number of piperazine rings is 2.